The van der Waals surface area contributed by atoms with E-state index in [-0.39, 0.29) is 0 Å². The van der Waals surface area contributed by atoms with Crippen LogP contribution in [0.25, 0.3) is 0 Å². The first-order valence-corrected chi connectivity index (χ1v) is 6.59. The fraction of sp³-hybridized carbons (Fsp3) is 0.385. The molecule has 1 unspecified atom stereocenters. The molecule has 3 nitrogen and oxygen atoms in total. The van der Waals surface area contributed by atoms with Crippen molar-refractivity contribution < 1.29 is 0 Å². The Bertz CT molecular complexity index is 467. The molecule has 2 aromatic heterocycles. The lowest BCUT2D eigenvalue weighted by Crippen LogP contribution is -2.32. The molecule has 0 radical (unpaired) electrons. The van der Waals surface area contributed by atoms with Gasteiger partial charge in [0.1, 0.15) is 0 Å². The summed E-state index contributed by atoms with van der Waals surface area (Å²) < 4.78 is 0. The summed E-state index contributed by atoms with van der Waals surface area (Å²) in [6.45, 7) is 4.19. The molecule has 4 heteroatoms. The lowest BCUT2D eigenvalue weighted by molar-refractivity contribution is 0.669. The summed E-state index contributed by atoms with van der Waals surface area (Å²) in [5.74, 6) is 0.800. The molecule has 17 heavy (non-hydrogen) atoms. The highest BCUT2D eigenvalue weighted by Crippen LogP contribution is 2.16. The van der Waals surface area contributed by atoms with E-state index in [1.165, 1.54) is 4.88 Å². The van der Waals surface area contributed by atoms with Crippen molar-refractivity contribution in [3.63, 3.8) is 0 Å². The van der Waals surface area contributed by atoms with Crippen LogP contribution >= 0.6 is 11.3 Å². The van der Waals surface area contributed by atoms with Crippen LogP contribution in [-0.4, -0.2) is 23.1 Å². The Morgan fingerprint density at radius 1 is 1.41 bits per heavy atom. The molecular weight excluding hydrogens is 230 g/mol. The number of aryl methyl sites for hydroxylation is 1. The Labute approximate surface area is 106 Å². The minimum atomic E-state index is 0.399. The van der Waals surface area contributed by atoms with Gasteiger partial charge in [0.05, 0.1) is 0 Å². The van der Waals surface area contributed by atoms with Crippen LogP contribution in [0.4, 0.5) is 5.95 Å². The molecule has 0 bridgehead atoms. The molecule has 0 aliphatic carbocycles. The summed E-state index contributed by atoms with van der Waals surface area (Å²) in [6, 6.07) is 6.58. The molecular formula is C13H17N3S. The largest absolute Gasteiger partial charge is 0.341 e. The number of aromatic nitrogens is 2. The van der Waals surface area contributed by atoms with E-state index in [2.05, 4.69) is 39.3 Å². The second-order valence-electron chi connectivity index (χ2n) is 4.24. The van der Waals surface area contributed by atoms with Crippen LogP contribution in [0.1, 0.15) is 17.5 Å². The SMILES string of the molecule is Cc1ccnc(N(C)C(C)Cc2cccs2)n1. The maximum atomic E-state index is 4.44. The first-order chi connectivity index (χ1) is 8.16. The van der Waals surface area contributed by atoms with Crippen molar-refractivity contribution in [2.24, 2.45) is 0 Å². The predicted molar refractivity (Wildman–Crippen MR) is 72.7 cm³/mol. The van der Waals surface area contributed by atoms with E-state index < -0.39 is 0 Å². The third kappa shape index (κ3) is 3.03. The molecule has 90 valence electrons. The molecule has 0 aliphatic rings. The molecule has 0 spiro atoms. The van der Waals surface area contributed by atoms with Gasteiger partial charge in [-0.3, -0.25) is 0 Å². The molecule has 0 fully saturated rings. The Balaban J connectivity index is 2.06. The van der Waals surface area contributed by atoms with Gasteiger partial charge in [-0.15, -0.1) is 11.3 Å². The van der Waals surface area contributed by atoms with Crippen LogP contribution < -0.4 is 4.90 Å². The summed E-state index contributed by atoms with van der Waals surface area (Å²) in [7, 11) is 2.05. The van der Waals surface area contributed by atoms with Gasteiger partial charge in [0.15, 0.2) is 0 Å². The standard InChI is InChI=1S/C13H17N3S/c1-10-6-7-14-13(15-10)16(3)11(2)9-12-5-4-8-17-12/h4-8,11H,9H2,1-3H3. The smallest absolute Gasteiger partial charge is 0.225 e. The Morgan fingerprint density at radius 3 is 2.88 bits per heavy atom. The van der Waals surface area contributed by atoms with Crippen LogP contribution in [0.15, 0.2) is 29.8 Å². The van der Waals surface area contributed by atoms with Crippen molar-refractivity contribution in [1.82, 2.24) is 9.97 Å². The van der Waals surface area contributed by atoms with Gasteiger partial charge in [0, 0.05) is 36.3 Å². The molecule has 0 amide bonds. The average Bonchev–Trinajstić information content (AvgIpc) is 2.80. The first kappa shape index (κ1) is 12.0. The molecule has 1 atom stereocenters. The second-order valence-corrected chi connectivity index (χ2v) is 5.27. The van der Waals surface area contributed by atoms with Crippen molar-refractivity contribution in [3.8, 4) is 0 Å². The van der Waals surface area contributed by atoms with Gasteiger partial charge in [0.25, 0.3) is 0 Å². The van der Waals surface area contributed by atoms with Gasteiger partial charge in [-0.1, -0.05) is 6.07 Å². The van der Waals surface area contributed by atoms with Gasteiger partial charge in [-0.05, 0) is 31.4 Å². The number of anilines is 1. The van der Waals surface area contributed by atoms with Crippen molar-refractivity contribution in [1.29, 1.82) is 0 Å². The van der Waals surface area contributed by atoms with Crippen molar-refractivity contribution in [2.45, 2.75) is 26.3 Å². The fourth-order valence-electron chi connectivity index (χ4n) is 1.66. The first-order valence-electron chi connectivity index (χ1n) is 5.71. The topological polar surface area (TPSA) is 29.0 Å². The minimum Gasteiger partial charge on any atom is -0.341 e. The van der Waals surface area contributed by atoms with Crippen molar-refractivity contribution >= 4 is 17.3 Å². The summed E-state index contributed by atoms with van der Waals surface area (Å²) in [6.07, 6.45) is 2.84. The summed E-state index contributed by atoms with van der Waals surface area (Å²) in [5.41, 5.74) is 1.00. The molecule has 2 heterocycles. The van der Waals surface area contributed by atoms with Gasteiger partial charge in [-0.2, -0.15) is 0 Å². The third-order valence-electron chi connectivity index (χ3n) is 2.84. The van der Waals surface area contributed by atoms with E-state index in [0.29, 0.717) is 6.04 Å². The van der Waals surface area contributed by atoms with Gasteiger partial charge in [-0.25, -0.2) is 9.97 Å². The van der Waals surface area contributed by atoms with Crippen LogP contribution in [0.2, 0.25) is 0 Å². The second kappa shape index (κ2) is 5.27. The molecule has 2 aromatic rings. The lowest BCUT2D eigenvalue weighted by atomic mass is 10.2. The number of likely N-dealkylation sites (N-methyl/N-ethyl adjacent to an activating group) is 1. The van der Waals surface area contributed by atoms with Crippen LogP contribution in [0.3, 0.4) is 0 Å². The molecule has 0 N–H and O–H groups in total. The van der Waals surface area contributed by atoms with E-state index in [1.54, 1.807) is 11.3 Å². The highest BCUT2D eigenvalue weighted by molar-refractivity contribution is 7.09. The molecule has 0 saturated carbocycles. The summed E-state index contributed by atoms with van der Waals surface area (Å²) in [5, 5.41) is 2.12. The van der Waals surface area contributed by atoms with E-state index in [4.69, 9.17) is 0 Å². The quantitative estimate of drug-likeness (QED) is 0.832. The Hall–Kier alpha value is -1.42. The van der Waals surface area contributed by atoms with Gasteiger partial charge >= 0.3 is 0 Å². The van der Waals surface area contributed by atoms with Crippen molar-refractivity contribution in [2.75, 3.05) is 11.9 Å². The predicted octanol–water partition coefficient (Wildman–Crippen LogP) is 2.91. The average molecular weight is 247 g/mol. The monoisotopic (exact) mass is 247 g/mol. The molecule has 0 aliphatic heterocycles. The number of thiophene rings is 1. The van der Waals surface area contributed by atoms with Crippen LogP contribution in [-0.2, 0) is 6.42 Å². The summed E-state index contributed by atoms with van der Waals surface area (Å²) >= 11 is 1.80. The zero-order valence-corrected chi connectivity index (χ0v) is 11.2. The Kier molecular flexibility index (Phi) is 3.74. The lowest BCUT2D eigenvalue weighted by Gasteiger charge is -2.24. The zero-order valence-electron chi connectivity index (χ0n) is 10.4. The maximum Gasteiger partial charge on any atom is 0.225 e. The zero-order chi connectivity index (χ0) is 12.3. The van der Waals surface area contributed by atoms with Gasteiger partial charge < -0.3 is 4.90 Å². The third-order valence-corrected chi connectivity index (χ3v) is 3.73. The fourth-order valence-corrected chi connectivity index (χ4v) is 2.49. The van der Waals surface area contributed by atoms with Crippen LogP contribution in [0.5, 0.6) is 0 Å². The summed E-state index contributed by atoms with van der Waals surface area (Å²) in [4.78, 5) is 12.3. The van der Waals surface area contributed by atoms with E-state index in [0.717, 1.165) is 18.1 Å². The van der Waals surface area contributed by atoms with Crippen molar-refractivity contribution in [3.05, 3.63) is 40.3 Å². The number of hydrogen-bond acceptors (Lipinski definition) is 4. The molecule has 0 aromatic carbocycles. The number of rotatable bonds is 4. The highest BCUT2D eigenvalue weighted by atomic mass is 32.1. The maximum absolute atomic E-state index is 4.44. The molecule has 0 saturated heterocycles. The van der Waals surface area contributed by atoms with Gasteiger partial charge in [0.2, 0.25) is 5.95 Å². The van der Waals surface area contributed by atoms with E-state index in [1.807, 2.05) is 26.2 Å². The Morgan fingerprint density at radius 2 is 2.24 bits per heavy atom. The van der Waals surface area contributed by atoms with Crippen LogP contribution in [0, 0.1) is 6.92 Å². The highest BCUT2D eigenvalue weighted by Gasteiger charge is 2.13. The number of hydrogen-bond donors (Lipinski definition) is 0. The normalized spacial score (nSPS) is 12.4. The molecule has 2 rings (SSSR count). The minimum absolute atomic E-state index is 0.399. The number of nitrogens with zero attached hydrogens (tertiary/aromatic N) is 3. The van der Waals surface area contributed by atoms with E-state index in [9.17, 15) is 0 Å². The van der Waals surface area contributed by atoms with E-state index >= 15 is 0 Å².